The van der Waals surface area contributed by atoms with Crippen LogP contribution in [0.3, 0.4) is 0 Å². The molecule has 0 aliphatic heterocycles. The molecule has 0 bridgehead atoms. The number of carboxylic acids is 1. The van der Waals surface area contributed by atoms with Gasteiger partial charge in [0.05, 0.1) is 0 Å². The third-order valence-corrected chi connectivity index (χ3v) is 1.29. The fourth-order valence-corrected chi connectivity index (χ4v) is 0.632. The molecule has 0 saturated heterocycles. The van der Waals surface area contributed by atoms with Crippen LogP contribution in [0.5, 0.6) is 0 Å². The van der Waals surface area contributed by atoms with Crippen molar-refractivity contribution in [3.63, 3.8) is 0 Å². The first-order valence-corrected chi connectivity index (χ1v) is 4.85. The molecule has 0 fully saturated rings. The van der Waals surface area contributed by atoms with Crippen LogP contribution in [0.4, 0.5) is 0 Å². The topological polar surface area (TPSA) is 127 Å². The van der Waals surface area contributed by atoms with E-state index in [1.807, 2.05) is 0 Å². The summed E-state index contributed by atoms with van der Waals surface area (Å²) in [5.74, 6) is -0.933. The molecule has 0 aromatic heterocycles. The highest BCUT2D eigenvalue weighted by Gasteiger charge is 2.09. The largest absolute Gasteiger partial charge is 0.480 e. The first-order valence-electron chi connectivity index (χ1n) is 3.86. The molecule has 0 heterocycles. The zero-order chi connectivity index (χ0) is 10.7. The number of nitrogens with two attached hydrogens (primary N) is 2. The van der Waals surface area contributed by atoms with Crippen molar-refractivity contribution in [2.75, 3.05) is 6.54 Å². The van der Waals surface area contributed by atoms with Crippen molar-refractivity contribution < 1.29 is 19.4 Å². The summed E-state index contributed by atoms with van der Waals surface area (Å²) in [5.41, 5.74) is 10.4. The van der Waals surface area contributed by atoms with Gasteiger partial charge in [0.25, 0.3) is 0 Å². The molecule has 0 rings (SSSR count). The predicted molar refractivity (Wildman–Crippen MR) is 51.1 cm³/mol. The van der Waals surface area contributed by atoms with Crippen LogP contribution >= 0.6 is 8.69 Å². The first kappa shape index (κ1) is 15.1. The summed E-state index contributed by atoms with van der Waals surface area (Å²) in [4.78, 5) is 17.2. The lowest BCUT2D eigenvalue weighted by Gasteiger charge is -2.03. The highest BCUT2D eigenvalue weighted by molar-refractivity contribution is 7.16. The molecule has 0 aliphatic rings. The van der Waals surface area contributed by atoms with E-state index in [0.717, 1.165) is 12.8 Å². The molecule has 0 saturated carbocycles. The molecule has 0 radical (unpaired) electrons. The second-order valence-electron chi connectivity index (χ2n) is 2.33. The van der Waals surface area contributed by atoms with Crippen LogP contribution in [0.1, 0.15) is 19.3 Å². The average molecular weight is 212 g/mol. The van der Waals surface area contributed by atoms with Gasteiger partial charge < -0.3 is 21.5 Å². The van der Waals surface area contributed by atoms with Gasteiger partial charge in [0.1, 0.15) is 6.04 Å². The first-order chi connectivity index (χ1) is 6.09. The number of carbonyl (C=O) groups is 1. The summed E-state index contributed by atoms with van der Waals surface area (Å²) in [6.07, 6.45) is 2.16. The normalized spacial score (nSPS) is 12.2. The third kappa shape index (κ3) is 14.4. The maximum absolute atomic E-state index is 10.1. The lowest BCUT2D eigenvalue weighted by molar-refractivity contribution is -0.138. The van der Waals surface area contributed by atoms with E-state index in [0.29, 0.717) is 13.0 Å². The van der Waals surface area contributed by atoms with Gasteiger partial charge in [0.15, 0.2) is 8.69 Å². The molecular weight excluding hydrogens is 195 g/mol. The van der Waals surface area contributed by atoms with E-state index >= 15 is 0 Å². The minimum absolute atomic E-state index is 0.520. The van der Waals surface area contributed by atoms with E-state index in [9.17, 15) is 4.79 Å². The van der Waals surface area contributed by atoms with E-state index in [2.05, 4.69) is 0 Å². The van der Waals surface area contributed by atoms with Crippen LogP contribution in [-0.2, 0) is 9.36 Å². The van der Waals surface area contributed by atoms with Gasteiger partial charge in [0, 0.05) is 0 Å². The Kier molecular flexibility index (Phi) is 13.4. The predicted octanol–water partition coefficient (Wildman–Crippen LogP) is -0.823. The third-order valence-electron chi connectivity index (χ3n) is 1.29. The lowest BCUT2D eigenvalue weighted by atomic mass is 10.1. The lowest BCUT2D eigenvalue weighted by Crippen LogP contribution is -2.29. The molecule has 80 valence electrons. The Balaban J connectivity index is 0. The molecule has 0 amide bonds. The fraction of sp³-hybridized carbons (Fsp3) is 0.833. The highest BCUT2D eigenvalue weighted by atomic mass is 31.1. The number of unbranched alkanes of at least 4 members (excludes halogenated alkanes) is 1. The molecule has 0 spiro atoms. The van der Waals surface area contributed by atoms with E-state index in [4.69, 9.17) is 26.0 Å². The standard InChI is InChI=1S/C6H14N2O2.H3O2P/c7-4-2-1-3-5(8)6(9)10;1-3-2/h5H,1-4,7-8H2,(H,9,10);3H2,(H,1,2)/t5-;/m0./s1. The quantitative estimate of drug-likeness (QED) is 0.348. The van der Waals surface area contributed by atoms with Crippen molar-refractivity contribution in [1.29, 1.82) is 0 Å². The molecule has 6 nitrogen and oxygen atoms in total. The van der Waals surface area contributed by atoms with Crippen molar-refractivity contribution in [1.82, 2.24) is 0 Å². The Morgan fingerprint density at radius 2 is 1.92 bits per heavy atom. The number of carboxylic acid groups (broad SMARTS) is 1. The van der Waals surface area contributed by atoms with Crippen LogP contribution in [0.15, 0.2) is 0 Å². The van der Waals surface area contributed by atoms with E-state index < -0.39 is 20.7 Å². The maximum Gasteiger partial charge on any atom is 0.320 e. The molecule has 13 heavy (non-hydrogen) atoms. The monoisotopic (exact) mass is 212 g/mol. The van der Waals surface area contributed by atoms with Crippen LogP contribution in [0.25, 0.3) is 0 Å². The molecule has 0 aromatic rings. The maximum atomic E-state index is 10.1. The summed E-state index contributed by atoms with van der Waals surface area (Å²) >= 11 is 0. The number of aliphatic carboxylic acids is 1. The SMILES string of the molecule is NCCCC[C@H](N)C(=O)O.O=[PH2]O. The Morgan fingerprint density at radius 1 is 1.46 bits per heavy atom. The van der Waals surface area contributed by atoms with Gasteiger partial charge in [-0.2, -0.15) is 0 Å². The van der Waals surface area contributed by atoms with Gasteiger partial charge in [-0.15, -0.1) is 0 Å². The molecule has 0 aromatic carbocycles. The Morgan fingerprint density at radius 3 is 2.23 bits per heavy atom. The second-order valence-corrected chi connectivity index (χ2v) is 2.55. The van der Waals surface area contributed by atoms with E-state index in [1.54, 1.807) is 0 Å². The van der Waals surface area contributed by atoms with E-state index in [-0.39, 0.29) is 0 Å². The van der Waals surface area contributed by atoms with Gasteiger partial charge in [-0.25, -0.2) is 0 Å². The molecular formula is C6H17N2O4P. The van der Waals surface area contributed by atoms with Gasteiger partial charge in [0.2, 0.25) is 0 Å². The second kappa shape index (κ2) is 11.6. The van der Waals surface area contributed by atoms with Crippen molar-refractivity contribution in [2.24, 2.45) is 11.5 Å². The Hall–Kier alpha value is -0.420. The number of rotatable bonds is 5. The molecule has 6 N–H and O–H groups in total. The summed E-state index contributed by atoms with van der Waals surface area (Å²) in [6.45, 7) is 0.604. The minimum Gasteiger partial charge on any atom is -0.480 e. The zero-order valence-electron chi connectivity index (χ0n) is 7.35. The van der Waals surface area contributed by atoms with Gasteiger partial charge in [-0.1, -0.05) is 6.42 Å². The van der Waals surface area contributed by atoms with Crippen LogP contribution in [0, 0.1) is 0 Å². The van der Waals surface area contributed by atoms with Crippen molar-refractivity contribution in [2.45, 2.75) is 25.3 Å². The molecule has 2 atom stereocenters. The Bertz CT molecular complexity index is 145. The van der Waals surface area contributed by atoms with Crippen molar-refractivity contribution in [3.8, 4) is 0 Å². The van der Waals surface area contributed by atoms with Crippen LogP contribution in [0.2, 0.25) is 0 Å². The van der Waals surface area contributed by atoms with E-state index in [1.165, 1.54) is 0 Å². The summed E-state index contributed by atoms with van der Waals surface area (Å²) in [6, 6.07) is -0.716. The van der Waals surface area contributed by atoms with Crippen LogP contribution < -0.4 is 11.5 Å². The van der Waals surface area contributed by atoms with Crippen molar-refractivity contribution >= 4 is 14.7 Å². The van der Waals surface area contributed by atoms with Gasteiger partial charge >= 0.3 is 5.97 Å². The highest BCUT2D eigenvalue weighted by Crippen LogP contribution is 1.96. The summed E-state index contributed by atoms with van der Waals surface area (Å²) in [7, 11) is -1.50. The van der Waals surface area contributed by atoms with Crippen LogP contribution in [-0.4, -0.2) is 28.6 Å². The summed E-state index contributed by atoms with van der Waals surface area (Å²) in [5, 5.41) is 8.33. The van der Waals surface area contributed by atoms with Crippen molar-refractivity contribution in [3.05, 3.63) is 0 Å². The number of hydrogen-bond donors (Lipinski definition) is 4. The molecule has 7 heteroatoms. The Labute approximate surface area is 78.2 Å². The molecule has 0 aliphatic carbocycles. The summed E-state index contributed by atoms with van der Waals surface area (Å²) < 4.78 is 8.57. The molecule has 1 unspecified atom stereocenters. The number of hydrogen-bond acceptors (Lipinski definition) is 4. The zero-order valence-corrected chi connectivity index (χ0v) is 8.50. The fourth-order valence-electron chi connectivity index (χ4n) is 0.632. The van der Waals surface area contributed by atoms with Gasteiger partial charge in [-0.3, -0.25) is 9.36 Å². The minimum atomic E-state index is -1.50. The smallest absolute Gasteiger partial charge is 0.320 e. The average Bonchev–Trinajstić information content (AvgIpc) is 2.06. The van der Waals surface area contributed by atoms with Gasteiger partial charge in [-0.05, 0) is 19.4 Å².